The van der Waals surface area contributed by atoms with Crippen molar-refractivity contribution in [2.45, 2.75) is 17.0 Å². The van der Waals surface area contributed by atoms with Crippen LogP contribution in [0.15, 0.2) is 93.3 Å². The van der Waals surface area contributed by atoms with E-state index in [9.17, 15) is 21.6 Å². The second-order valence-corrected chi connectivity index (χ2v) is 9.52. The molecule has 1 heterocycles. The summed E-state index contributed by atoms with van der Waals surface area (Å²) in [6.07, 6.45) is -4.58. The highest BCUT2D eigenvalue weighted by molar-refractivity contribution is 7.90. The average Bonchev–Trinajstić information content (AvgIpc) is 3.25. The number of nitrogens with zero attached hydrogens (tertiary/aromatic N) is 3. The highest BCUT2D eigenvalue weighted by atomic mass is 35.5. The summed E-state index contributed by atoms with van der Waals surface area (Å²) in [4.78, 5) is -0.413. The predicted molar refractivity (Wildman–Crippen MR) is 124 cm³/mol. The van der Waals surface area contributed by atoms with E-state index in [1.165, 1.54) is 5.01 Å². The van der Waals surface area contributed by atoms with Crippen molar-refractivity contribution in [2.75, 3.05) is 6.54 Å². The van der Waals surface area contributed by atoms with Crippen LogP contribution in [0.3, 0.4) is 0 Å². The molecule has 1 atom stereocenters. The summed E-state index contributed by atoms with van der Waals surface area (Å²) in [5, 5.41) is 6.33. The van der Waals surface area contributed by atoms with Crippen LogP contribution in [0.25, 0.3) is 0 Å². The first kappa shape index (κ1) is 23.8. The van der Waals surface area contributed by atoms with E-state index in [0.29, 0.717) is 22.9 Å². The Kier molecular flexibility index (Phi) is 6.37. The molecule has 176 valence electrons. The molecule has 6 nitrogen and oxygen atoms in total. The Morgan fingerprint density at radius 2 is 1.62 bits per heavy atom. The number of hydrazone groups is 1. The minimum Gasteiger partial charge on any atom is -0.367 e. The predicted octanol–water partition coefficient (Wildman–Crippen LogP) is 4.87. The van der Waals surface area contributed by atoms with Crippen molar-refractivity contribution in [1.82, 2.24) is 5.01 Å². The lowest BCUT2D eigenvalue weighted by Gasteiger charge is -2.15. The maximum Gasteiger partial charge on any atom is 0.416 e. The van der Waals surface area contributed by atoms with Gasteiger partial charge >= 0.3 is 6.18 Å². The van der Waals surface area contributed by atoms with Gasteiger partial charge in [0.25, 0.3) is 10.0 Å². The summed E-state index contributed by atoms with van der Waals surface area (Å²) in [5.74, 6) is -0.630. The highest BCUT2D eigenvalue weighted by Crippen LogP contribution is 2.31. The molecular weight excluding hydrogens is 489 g/mol. The van der Waals surface area contributed by atoms with Crippen LogP contribution in [-0.4, -0.2) is 31.6 Å². The monoisotopic (exact) mass is 506 g/mol. The first-order valence-corrected chi connectivity index (χ1v) is 11.8. The molecule has 3 aromatic rings. The van der Waals surface area contributed by atoms with Gasteiger partial charge in [0.05, 0.1) is 22.7 Å². The number of rotatable bonds is 4. The van der Waals surface area contributed by atoms with Crippen molar-refractivity contribution in [3.05, 3.63) is 101 Å². The summed E-state index contributed by atoms with van der Waals surface area (Å²) >= 11 is 6.00. The van der Waals surface area contributed by atoms with Crippen LogP contribution in [0.5, 0.6) is 0 Å². The van der Waals surface area contributed by atoms with Gasteiger partial charge in [0, 0.05) is 10.9 Å². The lowest BCUT2D eigenvalue weighted by molar-refractivity contribution is -0.137. The van der Waals surface area contributed by atoms with E-state index in [4.69, 9.17) is 17.3 Å². The molecule has 0 radical (unpaired) electrons. The molecule has 11 heteroatoms. The van der Waals surface area contributed by atoms with E-state index >= 15 is 0 Å². The number of hydrogen-bond donors (Lipinski definition) is 1. The van der Waals surface area contributed by atoms with E-state index in [0.717, 1.165) is 23.3 Å². The summed E-state index contributed by atoms with van der Waals surface area (Å²) < 4.78 is 67.3. The molecule has 0 unspecified atom stereocenters. The number of guanidine groups is 1. The minimum atomic E-state index is -4.58. The van der Waals surface area contributed by atoms with Gasteiger partial charge in [-0.3, -0.25) is 0 Å². The lowest BCUT2D eigenvalue weighted by atomic mass is 9.91. The number of hydrogen-bond acceptors (Lipinski definition) is 3. The summed E-state index contributed by atoms with van der Waals surface area (Å²) in [7, 11) is -4.36. The fourth-order valence-electron chi connectivity index (χ4n) is 3.51. The molecule has 0 saturated carbocycles. The van der Waals surface area contributed by atoms with E-state index < -0.39 is 32.6 Å². The van der Waals surface area contributed by atoms with Crippen molar-refractivity contribution in [3.8, 4) is 0 Å². The average molecular weight is 507 g/mol. The zero-order chi connectivity index (χ0) is 24.5. The standard InChI is InChI=1S/C23H18ClF3N4O2S/c24-18-10-6-16(7-11-18)21-20(15-4-2-1-3-5-15)14-31(29-21)22(28)30-34(32,33)19-12-8-17(9-13-19)23(25,26)27/h1-13,20H,14H2,(H2,28,30)/t20-/m1/s1. The van der Waals surface area contributed by atoms with Crippen LogP contribution < -0.4 is 5.73 Å². The number of benzene rings is 3. The van der Waals surface area contributed by atoms with Crippen LogP contribution in [0.2, 0.25) is 5.02 Å². The molecule has 0 fully saturated rings. The van der Waals surface area contributed by atoms with Crippen LogP contribution in [-0.2, 0) is 16.2 Å². The lowest BCUT2D eigenvalue weighted by Crippen LogP contribution is -2.33. The van der Waals surface area contributed by atoms with Crippen LogP contribution in [0.1, 0.15) is 22.6 Å². The molecule has 0 aromatic heterocycles. The topological polar surface area (TPSA) is 88.1 Å². The smallest absolute Gasteiger partial charge is 0.367 e. The van der Waals surface area contributed by atoms with Gasteiger partial charge in [-0.25, -0.2) is 5.01 Å². The summed E-state index contributed by atoms with van der Waals surface area (Å²) in [6.45, 7) is 0.222. The van der Waals surface area contributed by atoms with Crippen molar-refractivity contribution >= 4 is 33.3 Å². The molecule has 0 saturated heterocycles. The Morgan fingerprint density at radius 3 is 2.21 bits per heavy atom. The largest absolute Gasteiger partial charge is 0.416 e. The first-order valence-electron chi connectivity index (χ1n) is 9.99. The summed E-state index contributed by atoms with van der Waals surface area (Å²) in [6, 6.07) is 19.6. The SMILES string of the molecule is N/C(=N\S(=O)(=O)c1ccc(C(F)(F)F)cc1)N1C[C@H](c2ccccc2)C(c2ccc(Cl)cc2)=N1. The van der Waals surface area contributed by atoms with E-state index in [2.05, 4.69) is 9.50 Å². The molecule has 0 amide bonds. The first-order chi connectivity index (χ1) is 16.0. The van der Waals surface area contributed by atoms with Gasteiger partial charge < -0.3 is 5.73 Å². The Bertz CT molecular complexity index is 1340. The molecule has 0 spiro atoms. The van der Waals surface area contributed by atoms with E-state index in [-0.39, 0.29) is 12.5 Å². The third-order valence-electron chi connectivity index (χ3n) is 5.21. The van der Waals surface area contributed by atoms with E-state index in [1.807, 2.05) is 30.3 Å². The van der Waals surface area contributed by atoms with Gasteiger partial charge in [-0.15, -0.1) is 4.40 Å². The Balaban J connectivity index is 1.66. The van der Waals surface area contributed by atoms with Crippen LogP contribution in [0.4, 0.5) is 13.2 Å². The number of nitrogens with two attached hydrogens (primary N) is 1. The second-order valence-electron chi connectivity index (χ2n) is 7.48. The van der Waals surface area contributed by atoms with E-state index in [1.54, 1.807) is 24.3 Å². The Labute approximate surface area is 199 Å². The number of halogens is 4. The summed E-state index contributed by atoms with van der Waals surface area (Å²) in [5.41, 5.74) is 7.39. The van der Waals surface area contributed by atoms with Gasteiger partial charge in [0.1, 0.15) is 0 Å². The third-order valence-corrected chi connectivity index (χ3v) is 6.76. The molecule has 0 aliphatic carbocycles. The normalized spacial score (nSPS) is 17.1. The molecular formula is C23H18ClF3N4O2S. The third kappa shape index (κ3) is 5.07. The molecule has 4 rings (SSSR count). The van der Waals surface area contributed by atoms with Crippen LogP contribution in [0, 0.1) is 0 Å². The maximum absolute atomic E-state index is 12.8. The van der Waals surface area contributed by atoms with Gasteiger partial charge in [0.15, 0.2) is 0 Å². The van der Waals surface area contributed by atoms with Crippen molar-refractivity contribution in [3.63, 3.8) is 0 Å². The zero-order valence-electron chi connectivity index (χ0n) is 17.4. The number of sulfonamides is 1. The van der Waals surface area contributed by atoms with Gasteiger partial charge in [0.2, 0.25) is 5.96 Å². The minimum absolute atomic E-state index is 0.222. The molecule has 1 aliphatic rings. The van der Waals surface area contributed by atoms with Crippen molar-refractivity contribution < 1.29 is 21.6 Å². The maximum atomic E-state index is 12.8. The molecule has 0 bridgehead atoms. The quantitative estimate of drug-likeness (QED) is 0.404. The van der Waals surface area contributed by atoms with Crippen LogP contribution >= 0.6 is 11.6 Å². The second kappa shape index (κ2) is 9.11. The fraction of sp³-hybridized carbons (Fsp3) is 0.130. The Hall–Kier alpha value is -3.37. The van der Waals surface area contributed by atoms with Gasteiger partial charge in [-0.1, -0.05) is 54.1 Å². The number of alkyl halides is 3. The zero-order valence-corrected chi connectivity index (χ0v) is 19.0. The Morgan fingerprint density at radius 1 is 1.00 bits per heavy atom. The highest BCUT2D eigenvalue weighted by Gasteiger charge is 2.32. The molecule has 34 heavy (non-hydrogen) atoms. The van der Waals surface area contributed by atoms with Crippen molar-refractivity contribution in [2.24, 2.45) is 15.2 Å². The molecule has 2 N–H and O–H groups in total. The van der Waals surface area contributed by atoms with Gasteiger partial charge in [-0.05, 0) is 47.5 Å². The van der Waals surface area contributed by atoms with Gasteiger partial charge in [-0.2, -0.15) is 26.7 Å². The molecule has 1 aliphatic heterocycles. The van der Waals surface area contributed by atoms with Crippen molar-refractivity contribution in [1.29, 1.82) is 0 Å². The molecule has 3 aromatic carbocycles. The fourth-order valence-corrected chi connectivity index (χ4v) is 4.56.